The molecule has 2 aliphatic rings. The van der Waals surface area contributed by atoms with Crippen molar-refractivity contribution in [1.29, 1.82) is 0 Å². The van der Waals surface area contributed by atoms with Crippen molar-refractivity contribution in [2.45, 2.75) is 45.3 Å². The van der Waals surface area contributed by atoms with Crippen LogP contribution < -0.4 is 15.4 Å². The number of carbonyl (C=O) groups excluding carboxylic acids is 1. The van der Waals surface area contributed by atoms with E-state index in [0.29, 0.717) is 47.4 Å². The Morgan fingerprint density at radius 1 is 1.24 bits per heavy atom. The minimum Gasteiger partial charge on any atom is -0.479 e. The topological polar surface area (TPSA) is 115 Å². The normalized spacial score (nSPS) is 19.5. The minimum atomic E-state index is -2.21. The molecule has 196 valence electrons. The van der Waals surface area contributed by atoms with Gasteiger partial charge in [-0.05, 0) is 62.9 Å². The third-order valence-electron chi connectivity index (χ3n) is 6.51. The largest absolute Gasteiger partial charge is 0.479 e. The summed E-state index contributed by atoms with van der Waals surface area (Å²) in [6, 6.07) is 7.71. The summed E-state index contributed by atoms with van der Waals surface area (Å²) in [5, 5.41) is 6.87. The summed E-state index contributed by atoms with van der Waals surface area (Å²) in [4.78, 5) is 21.4. The van der Waals surface area contributed by atoms with Gasteiger partial charge in [-0.2, -0.15) is 4.36 Å². The molecule has 11 heteroatoms. The molecule has 0 saturated carbocycles. The summed E-state index contributed by atoms with van der Waals surface area (Å²) < 4.78 is 42.8. The lowest BCUT2D eigenvalue weighted by molar-refractivity contribution is -0.128. The number of hydrogen-bond donors (Lipinski definition) is 2. The fraction of sp³-hybridized carbons (Fsp3) is 0.423. The number of fused-ring (bicyclic) bond motifs is 1. The van der Waals surface area contributed by atoms with Gasteiger partial charge in [0, 0.05) is 29.6 Å². The first-order valence-electron chi connectivity index (χ1n) is 12.4. The van der Waals surface area contributed by atoms with E-state index >= 15 is 0 Å². The van der Waals surface area contributed by atoms with E-state index in [4.69, 9.17) is 9.47 Å². The second kappa shape index (κ2) is 10.6. The summed E-state index contributed by atoms with van der Waals surface area (Å²) >= 11 is 0. The number of rotatable bonds is 7. The molecule has 37 heavy (non-hydrogen) atoms. The Kier molecular flexibility index (Phi) is 7.25. The van der Waals surface area contributed by atoms with Gasteiger partial charge >= 0.3 is 0 Å². The Morgan fingerprint density at radius 2 is 2.05 bits per heavy atom. The second-order valence-electron chi connectivity index (χ2n) is 9.45. The van der Waals surface area contributed by atoms with Crippen molar-refractivity contribution in [1.82, 2.24) is 15.3 Å². The van der Waals surface area contributed by atoms with Crippen LogP contribution in [0, 0.1) is 12.7 Å². The maximum absolute atomic E-state index is 14.1. The number of aryl methyl sites for hydroxylation is 1. The minimum absolute atomic E-state index is 0.0533. The zero-order chi connectivity index (χ0) is 26.0. The quantitative estimate of drug-likeness (QED) is 0.468. The van der Waals surface area contributed by atoms with Crippen LogP contribution in [0.25, 0.3) is 10.9 Å². The second-order valence-corrected chi connectivity index (χ2v) is 12.0. The monoisotopic (exact) mass is 527 g/mol. The molecule has 3 aromatic rings. The number of nitrogens with one attached hydrogen (secondary N) is 2. The number of carbonyl (C=O) groups is 1. The Balaban J connectivity index is 1.42. The predicted molar refractivity (Wildman–Crippen MR) is 141 cm³/mol. The van der Waals surface area contributed by atoms with Crippen molar-refractivity contribution in [3.63, 3.8) is 0 Å². The van der Waals surface area contributed by atoms with Crippen molar-refractivity contribution < 1.29 is 22.9 Å². The standard InChI is InChI=1S/C26H30FN5O4S/c1-16-11-20(32-37(34)9-3-4-10-37)13-22-24(16)25(29-15-28-22)31-21-6-5-18(27)12-23(21)36-17(2)26(33)30-19-7-8-35-14-19/h5-6,11-13,15,17,19H,3-4,7-10,14H2,1-2H3,(H,30,33)(H,28,29,31)/t17-,19+/m1/s1. The smallest absolute Gasteiger partial charge is 0.261 e. The molecule has 2 fully saturated rings. The van der Waals surface area contributed by atoms with Gasteiger partial charge in [-0.15, -0.1) is 0 Å². The van der Waals surface area contributed by atoms with E-state index in [1.807, 2.05) is 13.0 Å². The fourth-order valence-corrected chi connectivity index (χ4v) is 6.78. The van der Waals surface area contributed by atoms with Gasteiger partial charge < -0.3 is 20.1 Å². The number of hydrogen-bond acceptors (Lipinski definition) is 8. The number of halogens is 1. The molecule has 1 amide bonds. The Labute approximate surface area is 215 Å². The lowest BCUT2D eigenvalue weighted by Gasteiger charge is -2.20. The van der Waals surface area contributed by atoms with Gasteiger partial charge in [0.05, 0.1) is 39.3 Å². The SMILES string of the molecule is Cc1cc(N=S2(=O)CCCC2)cc2ncnc(Nc3ccc(F)cc3O[C@H](C)C(=O)N[C@H]3CCOC3)c12. The first-order valence-corrected chi connectivity index (χ1v) is 14.2. The van der Waals surface area contributed by atoms with E-state index < -0.39 is 21.7 Å². The number of nitrogens with zero attached hydrogens (tertiary/aromatic N) is 3. The molecule has 2 aromatic carbocycles. The maximum Gasteiger partial charge on any atom is 0.261 e. The first-order chi connectivity index (χ1) is 17.8. The Morgan fingerprint density at radius 3 is 2.81 bits per heavy atom. The van der Waals surface area contributed by atoms with Crippen LogP contribution in [0.15, 0.2) is 41.0 Å². The molecular weight excluding hydrogens is 497 g/mol. The van der Waals surface area contributed by atoms with Crippen molar-refractivity contribution in [3.05, 3.63) is 48.0 Å². The molecule has 2 atom stereocenters. The summed E-state index contributed by atoms with van der Waals surface area (Å²) in [5.74, 6) is 1.13. The number of anilines is 2. The van der Waals surface area contributed by atoms with Gasteiger partial charge in [-0.1, -0.05) is 0 Å². The van der Waals surface area contributed by atoms with Gasteiger partial charge in [0.25, 0.3) is 5.91 Å². The highest BCUT2D eigenvalue weighted by molar-refractivity contribution is 7.93. The summed E-state index contributed by atoms with van der Waals surface area (Å²) in [6.07, 6.45) is 3.18. The van der Waals surface area contributed by atoms with Crippen molar-refractivity contribution >= 4 is 43.7 Å². The predicted octanol–water partition coefficient (Wildman–Crippen LogP) is 4.39. The van der Waals surface area contributed by atoms with Crippen molar-refractivity contribution in [3.8, 4) is 5.75 Å². The number of aromatic nitrogens is 2. The molecule has 5 rings (SSSR count). The van der Waals surface area contributed by atoms with Gasteiger partial charge in [-0.25, -0.2) is 18.6 Å². The molecule has 1 aromatic heterocycles. The van der Waals surface area contributed by atoms with E-state index in [1.54, 1.807) is 13.0 Å². The zero-order valence-corrected chi connectivity index (χ0v) is 21.6. The van der Waals surface area contributed by atoms with Gasteiger partial charge in [0.15, 0.2) is 6.10 Å². The molecule has 0 aliphatic carbocycles. The molecule has 2 N–H and O–H groups in total. The highest BCUT2D eigenvalue weighted by Crippen LogP contribution is 2.34. The lowest BCUT2D eigenvalue weighted by Crippen LogP contribution is -2.42. The highest BCUT2D eigenvalue weighted by atomic mass is 32.2. The van der Waals surface area contributed by atoms with Crippen LogP contribution >= 0.6 is 0 Å². The highest BCUT2D eigenvalue weighted by Gasteiger charge is 2.23. The van der Waals surface area contributed by atoms with Crippen LogP contribution in [0.2, 0.25) is 0 Å². The van der Waals surface area contributed by atoms with Crippen LogP contribution in [0.5, 0.6) is 5.75 Å². The van der Waals surface area contributed by atoms with Crippen LogP contribution in [-0.4, -0.2) is 56.9 Å². The maximum atomic E-state index is 14.1. The number of amides is 1. The molecule has 0 bridgehead atoms. The van der Waals surface area contributed by atoms with Crippen molar-refractivity contribution in [2.24, 2.45) is 4.36 Å². The fourth-order valence-electron chi connectivity index (χ4n) is 4.60. The van der Waals surface area contributed by atoms with Gasteiger partial charge in [0.1, 0.15) is 23.7 Å². The van der Waals surface area contributed by atoms with Crippen LogP contribution in [0.4, 0.5) is 21.6 Å². The summed E-state index contributed by atoms with van der Waals surface area (Å²) in [7, 11) is -2.21. The molecular formula is C26H30FN5O4S. The average Bonchev–Trinajstić information content (AvgIpc) is 3.52. The molecule has 0 unspecified atom stereocenters. The third-order valence-corrected chi connectivity index (χ3v) is 8.91. The molecule has 0 spiro atoms. The molecule has 2 saturated heterocycles. The van der Waals surface area contributed by atoms with Gasteiger partial charge in [-0.3, -0.25) is 4.79 Å². The first kappa shape index (κ1) is 25.3. The Bertz CT molecular complexity index is 1440. The zero-order valence-electron chi connectivity index (χ0n) is 20.8. The summed E-state index contributed by atoms with van der Waals surface area (Å²) in [5.41, 5.74) is 2.59. The Hall–Kier alpha value is -3.31. The van der Waals surface area contributed by atoms with Crippen molar-refractivity contribution in [2.75, 3.05) is 30.0 Å². The van der Waals surface area contributed by atoms with E-state index in [1.165, 1.54) is 24.5 Å². The van der Waals surface area contributed by atoms with E-state index in [-0.39, 0.29) is 17.7 Å². The molecule has 2 aliphatic heterocycles. The van der Waals surface area contributed by atoms with Crippen LogP contribution in [-0.2, 0) is 19.3 Å². The molecule has 9 nitrogen and oxygen atoms in total. The van der Waals surface area contributed by atoms with E-state index in [0.717, 1.165) is 30.2 Å². The van der Waals surface area contributed by atoms with Gasteiger partial charge in [0.2, 0.25) is 0 Å². The van der Waals surface area contributed by atoms with Crippen LogP contribution in [0.3, 0.4) is 0 Å². The third kappa shape index (κ3) is 5.83. The molecule has 0 radical (unpaired) electrons. The van der Waals surface area contributed by atoms with E-state index in [2.05, 4.69) is 25.0 Å². The number of benzene rings is 2. The average molecular weight is 528 g/mol. The van der Waals surface area contributed by atoms with Crippen LogP contribution in [0.1, 0.15) is 31.7 Å². The lowest BCUT2D eigenvalue weighted by atomic mass is 10.1. The molecule has 3 heterocycles. The summed E-state index contributed by atoms with van der Waals surface area (Å²) in [6.45, 7) is 4.61. The van der Waals surface area contributed by atoms with E-state index in [9.17, 15) is 13.4 Å². The number of ether oxygens (including phenoxy) is 2.